The van der Waals surface area contributed by atoms with Gasteiger partial charge in [-0.1, -0.05) is 23.7 Å². The lowest BCUT2D eigenvalue weighted by Gasteiger charge is -2.05. The zero-order valence-electron chi connectivity index (χ0n) is 14.8. The van der Waals surface area contributed by atoms with Gasteiger partial charge in [0.2, 0.25) is 0 Å². The molecular formula is C20H15ClN4O3. The first-order valence-electron chi connectivity index (χ1n) is 8.53. The third-order valence-corrected chi connectivity index (χ3v) is 4.85. The van der Waals surface area contributed by atoms with Crippen LogP contribution in [0.3, 0.4) is 0 Å². The van der Waals surface area contributed by atoms with Crippen LogP contribution < -0.4 is 5.56 Å². The minimum Gasteiger partial charge on any atom is -0.339 e. The summed E-state index contributed by atoms with van der Waals surface area (Å²) in [5.41, 5.74) is 4.29. The standard InChI is InChI=1S/C20H15ClN4O3/c1-12-17(10-13-2-6-15(21)7-3-13)20-22-18(11-19(26)24(20)23-12)14-4-8-16(9-5-14)25(27)28/h2-9,11,22H,10H2,1H3. The van der Waals surface area contributed by atoms with Crippen LogP contribution in [0, 0.1) is 17.0 Å². The van der Waals surface area contributed by atoms with E-state index in [0.717, 1.165) is 16.8 Å². The van der Waals surface area contributed by atoms with Crippen LogP contribution in [0.15, 0.2) is 59.4 Å². The molecular weight excluding hydrogens is 380 g/mol. The number of hydrogen-bond acceptors (Lipinski definition) is 4. The zero-order chi connectivity index (χ0) is 19.8. The van der Waals surface area contributed by atoms with Crippen LogP contribution in [-0.2, 0) is 6.42 Å². The second-order valence-corrected chi connectivity index (χ2v) is 6.89. The molecule has 0 atom stereocenters. The van der Waals surface area contributed by atoms with E-state index in [-0.39, 0.29) is 11.2 Å². The number of aromatic nitrogens is 3. The van der Waals surface area contributed by atoms with Gasteiger partial charge >= 0.3 is 0 Å². The molecule has 0 saturated heterocycles. The number of rotatable bonds is 4. The molecule has 0 aliphatic carbocycles. The number of aryl methyl sites for hydroxylation is 1. The highest BCUT2D eigenvalue weighted by molar-refractivity contribution is 6.30. The number of benzene rings is 2. The summed E-state index contributed by atoms with van der Waals surface area (Å²) < 4.78 is 1.34. The molecule has 2 heterocycles. The number of nitrogens with zero attached hydrogens (tertiary/aromatic N) is 3. The molecule has 0 spiro atoms. The van der Waals surface area contributed by atoms with E-state index in [4.69, 9.17) is 11.6 Å². The van der Waals surface area contributed by atoms with Gasteiger partial charge in [0.15, 0.2) is 0 Å². The summed E-state index contributed by atoms with van der Waals surface area (Å²) in [6.45, 7) is 1.86. The molecule has 0 radical (unpaired) electrons. The first kappa shape index (κ1) is 17.9. The molecule has 0 fully saturated rings. The van der Waals surface area contributed by atoms with Crippen LogP contribution in [0.1, 0.15) is 16.8 Å². The Balaban J connectivity index is 1.81. The third-order valence-electron chi connectivity index (χ3n) is 4.60. The fraction of sp³-hybridized carbons (Fsp3) is 0.100. The van der Waals surface area contributed by atoms with Crippen molar-refractivity contribution in [2.75, 3.05) is 0 Å². The van der Waals surface area contributed by atoms with Crippen LogP contribution in [0.25, 0.3) is 16.9 Å². The normalized spacial score (nSPS) is 11.1. The second-order valence-electron chi connectivity index (χ2n) is 6.45. The minimum absolute atomic E-state index is 0.00389. The number of fused-ring (bicyclic) bond motifs is 1. The van der Waals surface area contributed by atoms with E-state index in [2.05, 4.69) is 10.1 Å². The number of nitro benzene ring substituents is 1. The van der Waals surface area contributed by atoms with Gasteiger partial charge in [-0.2, -0.15) is 9.61 Å². The fourth-order valence-electron chi connectivity index (χ4n) is 3.13. The highest BCUT2D eigenvalue weighted by Crippen LogP contribution is 2.23. The summed E-state index contributed by atoms with van der Waals surface area (Å²) in [5.74, 6) is 0. The third kappa shape index (κ3) is 3.27. The van der Waals surface area contributed by atoms with E-state index in [0.29, 0.717) is 28.3 Å². The summed E-state index contributed by atoms with van der Waals surface area (Å²) in [4.78, 5) is 26.2. The molecule has 0 aliphatic rings. The Hall–Kier alpha value is -3.45. The van der Waals surface area contributed by atoms with E-state index in [9.17, 15) is 14.9 Å². The summed E-state index contributed by atoms with van der Waals surface area (Å²) in [5, 5.41) is 15.9. The Labute approximate surface area is 164 Å². The SMILES string of the molecule is Cc1nn2c(=O)cc(-c3ccc([N+](=O)[O-])cc3)[nH]c2c1Cc1ccc(Cl)cc1. The number of H-pyrrole nitrogens is 1. The van der Waals surface area contributed by atoms with Crippen molar-refractivity contribution in [2.24, 2.45) is 0 Å². The maximum atomic E-state index is 12.6. The monoisotopic (exact) mass is 394 g/mol. The Kier molecular flexibility index (Phi) is 4.44. The topological polar surface area (TPSA) is 93.3 Å². The van der Waals surface area contributed by atoms with Gasteiger partial charge in [0.1, 0.15) is 5.65 Å². The van der Waals surface area contributed by atoms with Crippen LogP contribution in [0.5, 0.6) is 0 Å². The van der Waals surface area contributed by atoms with Gasteiger partial charge in [-0.3, -0.25) is 14.9 Å². The predicted molar refractivity (Wildman–Crippen MR) is 107 cm³/mol. The van der Waals surface area contributed by atoms with Gasteiger partial charge in [0.25, 0.3) is 11.2 Å². The molecule has 140 valence electrons. The smallest absolute Gasteiger partial charge is 0.274 e. The lowest BCUT2D eigenvalue weighted by Crippen LogP contribution is -2.14. The van der Waals surface area contributed by atoms with Gasteiger partial charge in [-0.15, -0.1) is 0 Å². The molecule has 2 aromatic carbocycles. The zero-order valence-corrected chi connectivity index (χ0v) is 15.6. The molecule has 2 aromatic heterocycles. The number of nitro groups is 1. The molecule has 0 unspecified atom stereocenters. The maximum Gasteiger partial charge on any atom is 0.274 e. The van der Waals surface area contributed by atoms with Crippen molar-refractivity contribution >= 4 is 22.9 Å². The largest absolute Gasteiger partial charge is 0.339 e. The summed E-state index contributed by atoms with van der Waals surface area (Å²) in [6.07, 6.45) is 0.589. The van der Waals surface area contributed by atoms with E-state index in [1.165, 1.54) is 22.7 Å². The first-order valence-corrected chi connectivity index (χ1v) is 8.91. The molecule has 0 amide bonds. The number of non-ortho nitro benzene ring substituents is 1. The van der Waals surface area contributed by atoms with Crippen LogP contribution in [0.4, 0.5) is 5.69 Å². The lowest BCUT2D eigenvalue weighted by molar-refractivity contribution is -0.384. The van der Waals surface area contributed by atoms with Crippen molar-refractivity contribution < 1.29 is 4.92 Å². The average Bonchev–Trinajstić information content (AvgIpc) is 3.00. The van der Waals surface area contributed by atoms with Crippen LogP contribution in [-0.4, -0.2) is 19.5 Å². The average molecular weight is 395 g/mol. The molecule has 0 bridgehead atoms. The van der Waals surface area contributed by atoms with Crippen molar-refractivity contribution in [3.8, 4) is 11.3 Å². The van der Waals surface area contributed by atoms with E-state index < -0.39 is 4.92 Å². The molecule has 0 saturated carbocycles. The van der Waals surface area contributed by atoms with E-state index in [1.54, 1.807) is 12.1 Å². The predicted octanol–water partition coefficient (Wildman–Crippen LogP) is 4.15. The molecule has 4 aromatic rings. The second kappa shape index (κ2) is 6.94. The Morgan fingerprint density at radius 2 is 1.82 bits per heavy atom. The summed E-state index contributed by atoms with van der Waals surface area (Å²) in [6, 6.07) is 15.0. The van der Waals surface area contributed by atoms with Crippen molar-refractivity contribution in [1.29, 1.82) is 0 Å². The van der Waals surface area contributed by atoms with Gasteiger partial charge in [-0.05, 0) is 42.3 Å². The quantitative estimate of drug-likeness (QED) is 0.415. The maximum absolute atomic E-state index is 12.6. The molecule has 7 nitrogen and oxygen atoms in total. The molecule has 8 heteroatoms. The lowest BCUT2D eigenvalue weighted by atomic mass is 10.1. The number of aromatic amines is 1. The van der Waals surface area contributed by atoms with Crippen LogP contribution in [0.2, 0.25) is 5.02 Å². The van der Waals surface area contributed by atoms with Crippen molar-refractivity contribution in [3.63, 3.8) is 0 Å². The van der Waals surface area contributed by atoms with Gasteiger partial charge in [-0.25, -0.2) is 0 Å². The molecule has 28 heavy (non-hydrogen) atoms. The molecule has 4 rings (SSSR count). The van der Waals surface area contributed by atoms with Gasteiger partial charge in [0, 0.05) is 35.2 Å². The summed E-state index contributed by atoms with van der Waals surface area (Å²) in [7, 11) is 0. The Morgan fingerprint density at radius 3 is 2.46 bits per heavy atom. The Morgan fingerprint density at radius 1 is 1.14 bits per heavy atom. The Bertz CT molecular complexity index is 1240. The number of hydrogen-bond donors (Lipinski definition) is 1. The summed E-state index contributed by atoms with van der Waals surface area (Å²) >= 11 is 5.95. The highest BCUT2D eigenvalue weighted by atomic mass is 35.5. The van der Waals surface area contributed by atoms with Crippen molar-refractivity contribution in [2.45, 2.75) is 13.3 Å². The van der Waals surface area contributed by atoms with E-state index in [1.807, 2.05) is 31.2 Å². The fourth-order valence-corrected chi connectivity index (χ4v) is 3.26. The van der Waals surface area contributed by atoms with Gasteiger partial charge in [0.05, 0.1) is 16.3 Å². The highest BCUT2D eigenvalue weighted by Gasteiger charge is 2.15. The van der Waals surface area contributed by atoms with Crippen LogP contribution >= 0.6 is 11.6 Å². The van der Waals surface area contributed by atoms with Crippen molar-refractivity contribution in [3.05, 3.63) is 96.9 Å². The number of nitrogens with one attached hydrogen (secondary N) is 1. The number of halogens is 1. The van der Waals surface area contributed by atoms with Crippen molar-refractivity contribution in [1.82, 2.24) is 14.6 Å². The van der Waals surface area contributed by atoms with Gasteiger partial charge < -0.3 is 4.98 Å². The first-order chi connectivity index (χ1) is 13.4. The van der Waals surface area contributed by atoms with E-state index >= 15 is 0 Å². The molecule has 1 N–H and O–H groups in total. The minimum atomic E-state index is -0.458. The molecule has 0 aliphatic heterocycles.